The van der Waals surface area contributed by atoms with Gasteiger partial charge in [0.15, 0.2) is 0 Å². The van der Waals surface area contributed by atoms with Crippen LogP contribution in [0.1, 0.15) is 5.56 Å². The van der Waals surface area contributed by atoms with Gasteiger partial charge in [0.05, 0.1) is 13.3 Å². The summed E-state index contributed by atoms with van der Waals surface area (Å²) in [7, 11) is 1.33. The lowest BCUT2D eigenvalue weighted by Crippen LogP contribution is -2.10. The first-order valence-corrected chi connectivity index (χ1v) is 6.06. The van der Waals surface area contributed by atoms with Crippen molar-refractivity contribution < 1.29 is 9.53 Å². The van der Waals surface area contributed by atoms with Crippen molar-refractivity contribution in [2.24, 2.45) is 0 Å². The highest BCUT2D eigenvalue weighted by Crippen LogP contribution is 2.14. The van der Waals surface area contributed by atoms with Gasteiger partial charge in [-0.05, 0) is 24.3 Å². The Morgan fingerprint density at radius 2 is 2.10 bits per heavy atom. The molecule has 1 heterocycles. The van der Waals surface area contributed by atoms with Gasteiger partial charge in [0.25, 0.3) is 0 Å². The summed E-state index contributed by atoms with van der Waals surface area (Å²) in [6, 6.07) is 7.35. The van der Waals surface area contributed by atoms with Gasteiger partial charge in [-0.1, -0.05) is 6.58 Å². The largest absolute Gasteiger partial charge is 0.453 e. The molecule has 2 aromatic rings. The zero-order chi connectivity index (χ0) is 14.4. The molecule has 0 spiro atoms. The molecule has 6 nitrogen and oxygen atoms in total. The van der Waals surface area contributed by atoms with Crippen molar-refractivity contribution in [1.29, 1.82) is 0 Å². The maximum absolute atomic E-state index is 11.0. The molecule has 104 valence electrons. The van der Waals surface area contributed by atoms with Crippen LogP contribution in [0.25, 0.3) is 6.20 Å². The maximum Gasteiger partial charge on any atom is 0.411 e. The molecule has 1 aromatic heterocycles. The van der Waals surface area contributed by atoms with Crippen molar-refractivity contribution in [2.45, 2.75) is 6.54 Å². The van der Waals surface area contributed by atoms with Crippen LogP contribution < -0.4 is 10.6 Å². The van der Waals surface area contributed by atoms with Crippen molar-refractivity contribution in [2.75, 3.05) is 17.7 Å². The quantitative estimate of drug-likeness (QED) is 0.878. The Hall–Kier alpha value is -2.76. The summed E-state index contributed by atoms with van der Waals surface area (Å²) in [6.45, 7) is 4.30. The summed E-state index contributed by atoms with van der Waals surface area (Å²) in [6.07, 6.45) is 4.83. The van der Waals surface area contributed by atoms with E-state index >= 15 is 0 Å². The Labute approximate surface area is 117 Å². The zero-order valence-corrected chi connectivity index (χ0v) is 11.2. The summed E-state index contributed by atoms with van der Waals surface area (Å²) in [4.78, 5) is 11.0. The van der Waals surface area contributed by atoms with E-state index in [2.05, 4.69) is 27.0 Å². The minimum absolute atomic E-state index is 0.484. The minimum atomic E-state index is -0.484. The first kappa shape index (κ1) is 13.7. The van der Waals surface area contributed by atoms with E-state index in [9.17, 15) is 4.79 Å². The molecule has 0 unspecified atom stereocenters. The number of carbonyl (C=O) groups is 1. The molecular weight excluding hydrogens is 256 g/mol. The second kappa shape index (κ2) is 6.42. The summed E-state index contributed by atoms with van der Waals surface area (Å²) in [5, 5.41) is 9.95. The van der Waals surface area contributed by atoms with Crippen molar-refractivity contribution in [3.63, 3.8) is 0 Å². The van der Waals surface area contributed by atoms with Crippen LogP contribution in [0.15, 0.2) is 43.2 Å². The Kier molecular flexibility index (Phi) is 4.39. The fourth-order valence-corrected chi connectivity index (χ4v) is 1.61. The maximum atomic E-state index is 11.0. The topological polar surface area (TPSA) is 68.2 Å². The van der Waals surface area contributed by atoms with Crippen molar-refractivity contribution in [1.82, 2.24) is 9.78 Å². The lowest BCUT2D eigenvalue weighted by Gasteiger charge is -2.07. The van der Waals surface area contributed by atoms with Gasteiger partial charge in [-0.15, -0.1) is 0 Å². The molecule has 0 aliphatic heterocycles. The van der Waals surface area contributed by atoms with Crippen LogP contribution >= 0.6 is 0 Å². The molecule has 0 saturated carbocycles. The molecule has 2 rings (SSSR count). The Morgan fingerprint density at radius 3 is 2.70 bits per heavy atom. The third kappa shape index (κ3) is 3.61. The predicted octanol–water partition coefficient (Wildman–Crippen LogP) is 2.77. The number of aromatic nitrogens is 2. The van der Waals surface area contributed by atoms with Gasteiger partial charge in [0.1, 0.15) is 0 Å². The van der Waals surface area contributed by atoms with E-state index in [0.717, 1.165) is 11.3 Å². The molecule has 6 heteroatoms. The van der Waals surface area contributed by atoms with Gasteiger partial charge in [-0.2, -0.15) is 5.10 Å². The molecule has 20 heavy (non-hydrogen) atoms. The molecular formula is C14H16N4O2. The van der Waals surface area contributed by atoms with Crippen LogP contribution in [0.2, 0.25) is 0 Å². The molecule has 1 amide bonds. The molecule has 0 aliphatic rings. The monoisotopic (exact) mass is 272 g/mol. The van der Waals surface area contributed by atoms with Crippen LogP contribution in [0.4, 0.5) is 16.2 Å². The SMILES string of the molecule is C=Cn1cc(CNc2ccc(NC(=O)OC)cc2)cn1. The van der Waals surface area contributed by atoms with Crippen molar-refractivity contribution >= 4 is 23.7 Å². The number of benzene rings is 1. The predicted molar refractivity (Wildman–Crippen MR) is 78.4 cm³/mol. The summed E-state index contributed by atoms with van der Waals surface area (Å²) in [5.74, 6) is 0. The number of nitrogens with zero attached hydrogens (tertiary/aromatic N) is 2. The normalized spacial score (nSPS) is 9.85. The van der Waals surface area contributed by atoms with Gasteiger partial charge in [-0.25, -0.2) is 9.48 Å². The first-order chi connectivity index (χ1) is 9.71. The van der Waals surface area contributed by atoms with E-state index in [4.69, 9.17) is 0 Å². The van der Waals surface area contributed by atoms with Crippen LogP contribution in [0.5, 0.6) is 0 Å². The molecule has 0 saturated heterocycles. The highest BCUT2D eigenvalue weighted by atomic mass is 16.5. The Morgan fingerprint density at radius 1 is 1.40 bits per heavy atom. The fraction of sp³-hybridized carbons (Fsp3) is 0.143. The Bertz CT molecular complexity index is 589. The molecule has 2 N–H and O–H groups in total. The number of hydrogen-bond donors (Lipinski definition) is 2. The average molecular weight is 272 g/mol. The van der Waals surface area contributed by atoms with E-state index in [1.807, 2.05) is 18.3 Å². The Balaban J connectivity index is 1.90. The van der Waals surface area contributed by atoms with Crippen molar-refractivity contribution in [3.8, 4) is 0 Å². The van der Waals surface area contributed by atoms with Crippen LogP contribution in [-0.2, 0) is 11.3 Å². The number of rotatable bonds is 5. The van der Waals surface area contributed by atoms with E-state index in [-0.39, 0.29) is 0 Å². The summed E-state index contributed by atoms with van der Waals surface area (Å²) in [5.41, 5.74) is 2.69. The fourth-order valence-electron chi connectivity index (χ4n) is 1.61. The number of nitrogens with one attached hydrogen (secondary N) is 2. The van der Waals surface area contributed by atoms with Crippen LogP contribution in [-0.4, -0.2) is 23.0 Å². The summed E-state index contributed by atoms with van der Waals surface area (Å²) < 4.78 is 6.17. The molecule has 0 radical (unpaired) electrons. The first-order valence-electron chi connectivity index (χ1n) is 6.06. The molecule has 0 fully saturated rings. The van der Waals surface area contributed by atoms with Crippen molar-refractivity contribution in [3.05, 3.63) is 48.8 Å². The molecule has 0 bridgehead atoms. The smallest absolute Gasteiger partial charge is 0.411 e. The van der Waals surface area contributed by atoms with Gasteiger partial charge >= 0.3 is 6.09 Å². The number of carbonyl (C=O) groups excluding carboxylic acids is 1. The minimum Gasteiger partial charge on any atom is -0.453 e. The lowest BCUT2D eigenvalue weighted by molar-refractivity contribution is 0.187. The third-order valence-corrected chi connectivity index (χ3v) is 2.66. The second-order valence-electron chi connectivity index (χ2n) is 4.06. The van der Waals surface area contributed by atoms with Crippen LogP contribution in [0, 0.1) is 0 Å². The van der Waals surface area contributed by atoms with Gasteiger partial charge in [0, 0.05) is 35.9 Å². The number of ether oxygens (including phenoxy) is 1. The van der Waals surface area contributed by atoms with Gasteiger partial charge < -0.3 is 10.1 Å². The molecule has 0 atom stereocenters. The third-order valence-electron chi connectivity index (χ3n) is 2.66. The molecule has 0 aliphatic carbocycles. The lowest BCUT2D eigenvalue weighted by atomic mass is 10.2. The van der Waals surface area contributed by atoms with Crippen LogP contribution in [0.3, 0.4) is 0 Å². The van der Waals surface area contributed by atoms with E-state index in [1.54, 1.807) is 29.2 Å². The number of amides is 1. The van der Waals surface area contributed by atoms with E-state index in [1.165, 1.54) is 7.11 Å². The summed E-state index contributed by atoms with van der Waals surface area (Å²) >= 11 is 0. The second-order valence-corrected chi connectivity index (χ2v) is 4.06. The highest BCUT2D eigenvalue weighted by Gasteiger charge is 2.01. The number of anilines is 2. The van der Waals surface area contributed by atoms with Gasteiger partial charge in [0.2, 0.25) is 0 Å². The standard InChI is InChI=1S/C14H16N4O2/c1-3-18-10-11(9-16-18)8-15-12-4-6-13(7-5-12)17-14(19)20-2/h3-7,9-10,15H,1,8H2,2H3,(H,17,19). The number of methoxy groups -OCH3 is 1. The zero-order valence-electron chi connectivity index (χ0n) is 11.2. The molecule has 1 aromatic carbocycles. The number of hydrogen-bond acceptors (Lipinski definition) is 4. The van der Waals surface area contributed by atoms with E-state index < -0.39 is 6.09 Å². The van der Waals surface area contributed by atoms with E-state index in [0.29, 0.717) is 12.2 Å². The van der Waals surface area contributed by atoms with Gasteiger partial charge in [-0.3, -0.25) is 5.32 Å². The average Bonchev–Trinajstić information content (AvgIpc) is 2.94. The highest BCUT2D eigenvalue weighted by molar-refractivity contribution is 5.84.